The minimum absolute atomic E-state index is 0.0476. The van der Waals surface area contributed by atoms with Gasteiger partial charge in [-0.2, -0.15) is 4.39 Å². The second-order valence-electron chi connectivity index (χ2n) is 4.99. The summed E-state index contributed by atoms with van der Waals surface area (Å²) in [6.45, 7) is 2.25. The molecule has 1 N–H and O–H groups in total. The van der Waals surface area contributed by atoms with Gasteiger partial charge in [0.05, 0.1) is 0 Å². The number of carbonyl (C=O) groups is 2. The molecule has 1 unspecified atom stereocenters. The molecule has 2 rings (SSSR count). The van der Waals surface area contributed by atoms with Crippen molar-refractivity contribution in [2.24, 2.45) is 0 Å². The number of aromatic nitrogens is 1. The molecule has 0 aliphatic carbocycles. The lowest BCUT2D eigenvalue weighted by Crippen LogP contribution is -2.53. The van der Waals surface area contributed by atoms with Crippen LogP contribution >= 0.6 is 0 Å². The van der Waals surface area contributed by atoms with E-state index in [4.69, 9.17) is 0 Å². The summed E-state index contributed by atoms with van der Waals surface area (Å²) in [5.41, 5.74) is -1.23. The maximum atomic E-state index is 13.1. The van der Waals surface area contributed by atoms with Gasteiger partial charge in [0.2, 0.25) is 5.95 Å². The molecule has 1 aliphatic rings. The van der Waals surface area contributed by atoms with E-state index in [1.807, 2.05) is 6.92 Å². The van der Waals surface area contributed by atoms with Crippen LogP contribution in [0.5, 0.6) is 0 Å². The van der Waals surface area contributed by atoms with Gasteiger partial charge in [0.15, 0.2) is 0 Å². The first-order chi connectivity index (χ1) is 9.51. The highest BCUT2D eigenvalue weighted by molar-refractivity contribution is 5.96. The highest BCUT2D eigenvalue weighted by Crippen LogP contribution is 2.35. The molecular formula is C14H17FN2O3. The summed E-state index contributed by atoms with van der Waals surface area (Å²) in [5.74, 6) is -2.26. The van der Waals surface area contributed by atoms with Crippen LogP contribution in [0.15, 0.2) is 18.2 Å². The van der Waals surface area contributed by atoms with Crippen molar-refractivity contribution in [3.63, 3.8) is 0 Å². The van der Waals surface area contributed by atoms with Crippen LogP contribution in [-0.4, -0.2) is 39.0 Å². The van der Waals surface area contributed by atoms with E-state index in [1.54, 1.807) is 0 Å². The van der Waals surface area contributed by atoms with Crippen LogP contribution in [0, 0.1) is 5.95 Å². The monoisotopic (exact) mass is 280 g/mol. The summed E-state index contributed by atoms with van der Waals surface area (Å²) in [5, 5.41) is 9.53. The largest absolute Gasteiger partial charge is 0.479 e. The number of likely N-dealkylation sites (tertiary alicyclic amines) is 1. The Morgan fingerprint density at radius 1 is 1.50 bits per heavy atom. The van der Waals surface area contributed by atoms with Crippen LogP contribution in [0.2, 0.25) is 0 Å². The quantitative estimate of drug-likeness (QED) is 0.857. The number of carbonyl (C=O) groups excluding carboxylic acids is 1. The van der Waals surface area contributed by atoms with E-state index in [0.29, 0.717) is 32.2 Å². The summed E-state index contributed by atoms with van der Waals surface area (Å²) in [7, 11) is 0. The molecule has 1 aromatic heterocycles. The fourth-order valence-corrected chi connectivity index (χ4v) is 2.84. The normalized spacial score (nSPS) is 22.0. The van der Waals surface area contributed by atoms with Crippen LogP contribution in [0.4, 0.5) is 4.39 Å². The maximum absolute atomic E-state index is 13.1. The number of carboxylic acid groups (broad SMARTS) is 1. The first-order valence-corrected chi connectivity index (χ1v) is 6.69. The van der Waals surface area contributed by atoms with Gasteiger partial charge in [-0.15, -0.1) is 0 Å². The van der Waals surface area contributed by atoms with Gasteiger partial charge in [-0.05, 0) is 31.4 Å². The van der Waals surface area contributed by atoms with Crippen molar-refractivity contribution in [3.05, 3.63) is 29.8 Å². The zero-order valence-electron chi connectivity index (χ0n) is 11.3. The third kappa shape index (κ3) is 2.37. The van der Waals surface area contributed by atoms with Crippen molar-refractivity contribution < 1.29 is 19.1 Å². The maximum Gasteiger partial charge on any atom is 0.329 e. The summed E-state index contributed by atoms with van der Waals surface area (Å²) in [6, 6.07) is 3.95. The van der Waals surface area contributed by atoms with Gasteiger partial charge in [-0.3, -0.25) is 4.79 Å². The van der Waals surface area contributed by atoms with E-state index < -0.39 is 23.4 Å². The molecule has 1 atom stereocenters. The fraction of sp³-hybridized carbons (Fsp3) is 0.500. The lowest BCUT2D eigenvalue weighted by molar-refractivity contribution is -0.148. The van der Waals surface area contributed by atoms with Crippen molar-refractivity contribution in [2.45, 2.75) is 38.1 Å². The topological polar surface area (TPSA) is 70.5 Å². The Labute approximate surface area is 116 Å². The van der Waals surface area contributed by atoms with Crippen LogP contribution in [0.25, 0.3) is 0 Å². The Balaban J connectivity index is 2.34. The second-order valence-corrected chi connectivity index (χ2v) is 4.99. The van der Waals surface area contributed by atoms with E-state index in [2.05, 4.69) is 4.98 Å². The van der Waals surface area contributed by atoms with Crippen LogP contribution in [-0.2, 0) is 4.79 Å². The van der Waals surface area contributed by atoms with Crippen molar-refractivity contribution >= 4 is 11.9 Å². The second kappa shape index (κ2) is 5.56. The Morgan fingerprint density at radius 2 is 2.25 bits per heavy atom. The Bertz CT molecular complexity index is 535. The molecule has 108 valence electrons. The smallest absolute Gasteiger partial charge is 0.329 e. The van der Waals surface area contributed by atoms with Crippen molar-refractivity contribution in [2.75, 3.05) is 6.54 Å². The third-order valence-electron chi connectivity index (χ3n) is 3.73. The molecule has 0 aromatic carbocycles. The SMILES string of the molecule is CCCC1(C(=O)O)CCCN1C(=O)c1cccc(F)n1. The zero-order chi connectivity index (χ0) is 14.8. The molecule has 0 spiro atoms. The molecule has 1 amide bonds. The Morgan fingerprint density at radius 3 is 2.85 bits per heavy atom. The fourth-order valence-electron chi connectivity index (χ4n) is 2.84. The van der Waals surface area contributed by atoms with Gasteiger partial charge in [-0.25, -0.2) is 9.78 Å². The lowest BCUT2D eigenvalue weighted by Gasteiger charge is -2.34. The van der Waals surface area contributed by atoms with E-state index in [0.717, 1.165) is 6.07 Å². The van der Waals surface area contributed by atoms with Crippen molar-refractivity contribution in [1.82, 2.24) is 9.88 Å². The van der Waals surface area contributed by atoms with Gasteiger partial charge in [0, 0.05) is 6.54 Å². The molecule has 0 bridgehead atoms. The highest BCUT2D eigenvalue weighted by Gasteiger charge is 2.49. The number of hydrogen-bond donors (Lipinski definition) is 1. The standard InChI is InChI=1S/C14H17FN2O3/c1-2-7-14(13(19)20)8-4-9-17(14)12(18)10-5-3-6-11(15)16-10/h3,5-6H,2,4,7-9H2,1H3,(H,19,20). The number of aliphatic carboxylic acids is 1. The molecule has 1 aliphatic heterocycles. The molecule has 5 nitrogen and oxygen atoms in total. The van der Waals surface area contributed by atoms with Gasteiger partial charge < -0.3 is 10.0 Å². The van der Waals surface area contributed by atoms with Crippen molar-refractivity contribution in [3.8, 4) is 0 Å². The number of rotatable bonds is 4. The van der Waals surface area contributed by atoms with E-state index >= 15 is 0 Å². The van der Waals surface area contributed by atoms with Gasteiger partial charge in [-0.1, -0.05) is 19.4 Å². The predicted octanol–water partition coefficient (Wildman–Crippen LogP) is 2.08. The molecule has 1 aromatic rings. The molecule has 2 heterocycles. The summed E-state index contributed by atoms with van der Waals surface area (Å²) >= 11 is 0. The summed E-state index contributed by atoms with van der Waals surface area (Å²) < 4.78 is 13.1. The molecule has 1 fully saturated rings. The van der Waals surface area contributed by atoms with Gasteiger partial charge in [0.25, 0.3) is 5.91 Å². The predicted molar refractivity (Wildman–Crippen MR) is 69.7 cm³/mol. The van der Waals surface area contributed by atoms with E-state index in [1.165, 1.54) is 17.0 Å². The first-order valence-electron chi connectivity index (χ1n) is 6.69. The number of pyridine rings is 1. The molecule has 1 saturated heterocycles. The number of carboxylic acids is 1. The summed E-state index contributed by atoms with van der Waals surface area (Å²) in [6.07, 6.45) is 2.11. The third-order valence-corrected chi connectivity index (χ3v) is 3.73. The van der Waals surface area contributed by atoms with Crippen molar-refractivity contribution in [1.29, 1.82) is 0 Å². The number of nitrogens with zero attached hydrogens (tertiary/aromatic N) is 2. The van der Waals surface area contributed by atoms with E-state index in [9.17, 15) is 19.1 Å². The average Bonchev–Trinajstić information content (AvgIpc) is 2.83. The van der Waals surface area contributed by atoms with Crippen LogP contribution in [0.1, 0.15) is 43.1 Å². The molecule has 6 heteroatoms. The Hall–Kier alpha value is -1.98. The van der Waals surface area contributed by atoms with E-state index in [-0.39, 0.29) is 5.69 Å². The summed E-state index contributed by atoms with van der Waals surface area (Å²) in [4.78, 5) is 29.0. The lowest BCUT2D eigenvalue weighted by atomic mass is 9.90. The van der Waals surface area contributed by atoms with Gasteiger partial charge >= 0.3 is 5.97 Å². The van der Waals surface area contributed by atoms with Crippen LogP contribution < -0.4 is 0 Å². The molecule has 0 saturated carbocycles. The Kier molecular flexibility index (Phi) is 4.01. The van der Waals surface area contributed by atoms with Crippen LogP contribution in [0.3, 0.4) is 0 Å². The first kappa shape index (κ1) is 14.4. The number of amides is 1. The number of hydrogen-bond acceptors (Lipinski definition) is 3. The average molecular weight is 280 g/mol. The zero-order valence-corrected chi connectivity index (χ0v) is 11.3. The van der Waals surface area contributed by atoms with Gasteiger partial charge in [0.1, 0.15) is 11.2 Å². The minimum atomic E-state index is -1.18. The highest BCUT2D eigenvalue weighted by atomic mass is 19.1. The molecule has 0 radical (unpaired) electrons. The minimum Gasteiger partial charge on any atom is -0.479 e. The molecule has 20 heavy (non-hydrogen) atoms. The number of halogens is 1. The molecular weight excluding hydrogens is 263 g/mol.